The molecule has 0 saturated carbocycles. The van der Waals surface area contributed by atoms with Crippen LogP contribution in [-0.4, -0.2) is 0 Å². The van der Waals surface area contributed by atoms with E-state index in [0.717, 1.165) is 33.4 Å². The second-order valence-corrected chi connectivity index (χ2v) is 5.80. The number of rotatable bonds is 2. The van der Waals surface area contributed by atoms with E-state index in [9.17, 15) is 10.5 Å². The molecular formula is C22H16N2. The Morgan fingerprint density at radius 1 is 0.583 bits per heavy atom. The molecule has 0 fully saturated rings. The number of nitriles is 2. The predicted molar refractivity (Wildman–Crippen MR) is 96.2 cm³/mol. The summed E-state index contributed by atoms with van der Waals surface area (Å²) in [6.07, 6.45) is 0. The summed E-state index contributed by atoms with van der Waals surface area (Å²) in [6, 6.07) is 24.2. The van der Waals surface area contributed by atoms with Crippen molar-refractivity contribution >= 4 is 0 Å². The Hall–Kier alpha value is -3.36. The normalized spacial score (nSPS) is 10.0. The summed E-state index contributed by atoms with van der Waals surface area (Å²) in [5.41, 5.74) is 7.23. The number of hydrogen-bond acceptors (Lipinski definition) is 2. The van der Waals surface area contributed by atoms with Crippen molar-refractivity contribution in [2.24, 2.45) is 0 Å². The van der Waals surface area contributed by atoms with Crippen LogP contribution in [0.1, 0.15) is 22.3 Å². The fraction of sp³-hybridized carbons (Fsp3) is 0.0909. The van der Waals surface area contributed by atoms with Gasteiger partial charge in [-0.1, -0.05) is 48.5 Å². The molecular weight excluding hydrogens is 292 g/mol. The minimum Gasteiger partial charge on any atom is -0.192 e. The smallest absolute Gasteiger partial charge is 0.101 e. The molecule has 0 bridgehead atoms. The van der Waals surface area contributed by atoms with Gasteiger partial charge in [0, 0.05) is 0 Å². The summed E-state index contributed by atoms with van der Waals surface area (Å²) in [6.45, 7) is 4.11. The largest absolute Gasteiger partial charge is 0.192 e. The SMILES string of the molecule is Cc1ccccc1-c1cc(C#N)c(C#N)cc1-c1ccccc1C. The van der Waals surface area contributed by atoms with Crippen LogP contribution < -0.4 is 0 Å². The third-order valence-electron chi connectivity index (χ3n) is 4.27. The molecule has 3 aromatic rings. The summed E-state index contributed by atoms with van der Waals surface area (Å²) in [5.74, 6) is 0. The standard InChI is InChI=1S/C22H16N2/c1-15-7-3-5-9-19(15)21-11-17(13-23)18(14-24)12-22(21)20-10-6-4-8-16(20)2/h3-12H,1-2H3. The van der Waals surface area contributed by atoms with Gasteiger partial charge in [-0.3, -0.25) is 0 Å². The average Bonchev–Trinajstić information content (AvgIpc) is 2.61. The Morgan fingerprint density at radius 2 is 0.958 bits per heavy atom. The molecule has 0 atom stereocenters. The maximum Gasteiger partial charge on any atom is 0.101 e. The van der Waals surface area contributed by atoms with Gasteiger partial charge in [0.15, 0.2) is 0 Å². The average molecular weight is 308 g/mol. The van der Waals surface area contributed by atoms with Crippen LogP contribution >= 0.6 is 0 Å². The summed E-state index contributed by atoms with van der Waals surface area (Å²) in [5, 5.41) is 18.8. The Balaban J connectivity index is 2.40. The van der Waals surface area contributed by atoms with Crippen molar-refractivity contribution in [1.29, 1.82) is 10.5 Å². The fourth-order valence-corrected chi connectivity index (χ4v) is 2.98. The minimum absolute atomic E-state index is 0.410. The van der Waals surface area contributed by atoms with Crippen LogP contribution in [0.5, 0.6) is 0 Å². The molecule has 2 nitrogen and oxygen atoms in total. The molecule has 114 valence electrons. The first-order chi connectivity index (χ1) is 11.7. The molecule has 0 aliphatic rings. The number of nitrogens with zero attached hydrogens (tertiary/aromatic N) is 2. The van der Waals surface area contributed by atoms with Crippen molar-refractivity contribution in [3.8, 4) is 34.4 Å². The third kappa shape index (κ3) is 2.67. The predicted octanol–water partition coefficient (Wildman–Crippen LogP) is 5.38. The molecule has 0 radical (unpaired) electrons. The van der Waals surface area contributed by atoms with Crippen molar-refractivity contribution < 1.29 is 0 Å². The molecule has 0 saturated heterocycles. The van der Waals surface area contributed by atoms with Gasteiger partial charge in [-0.2, -0.15) is 10.5 Å². The first kappa shape index (κ1) is 15.5. The molecule has 24 heavy (non-hydrogen) atoms. The van der Waals surface area contributed by atoms with Crippen molar-refractivity contribution in [2.45, 2.75) is 13.8 Å². The lowest BCUT2D eigenvalue weighted by atomic mass is 9.87. The first-order valence-electron chi connectivity index (χ1n) is 7.76. The molecule has 0 spiro atoms. The number of aryl methyl sites for hydroxylation is 2. The van der Waals surface area contributed by atoms with Gasteiger partial charge in [-0.25, -0.2) is 0 Å². The Bertz CT molecular complexity index is 919. The minimum atomic E-state index is 0.410. The topological polar surface area (TPSA) is 47.6 Å². The van der Waals surface area contributed by atoms with Crippen molar-refractivity contribution in [1.82, 2.24) is 0 Å². The van der Waals surface area contributed by atoms with Gasteiger partial charge in [-0.05, 0) is 59.4 Å². The van der Waals surface area contributed by atoms with Crippen LogP contribution in [0.2, 0.25) is 0 Å². The van der Waals surface area contributed by atoms with Crippen LogP contribution in [0, 0.1) is 36.5 Å². The van der Waals surface area contributed by atoms with Gasteiger partial charge in [0.05, 0.1) is 11.1 Å². The van der Waals surface area contributed by atoms with Crippen LogP contribution in [0.15, 0.2) is 60.7 Å². The highest BCUT2D eigenvalue weighted by atomic mass is 14.3. The van der Waals surface area contributed by atoms with Crippen molar-refractivity contribution in [2.75, 3.05) is 0 Å². The highest BCUT2D eigenvalue weighted by Crippen LogP contribution is 2.37. The summed E-state index contributed by atoms with van der Waals surface area (Å²) >= 11 is 0. The molecule has 0 heterocycles. The monoisotopic (exact) mass is 308 g/mol. The van der Waals surface area contributed by atoms with E-state index >= 15 is 0 Å². The molecule has 0 aliphatic carbocycles. The van der Waals surface area contributed by atoms with E-state index in [2.05, 4.69) is 50.3 Å². The first-order valence-corrected chi connectivity index (χ1v) is 7.76. The van der Waals surface area contributed by atoms with Crippen LogP contribution in [0.4, 0.5) is 0 Å². The fourth-order valence-electron chi connectivity index (χ4n) is 2.98. The van der Waals surface area contributed by atoms with E-state index in [4.69, 9.17) is 0 Å². The highest BCUT2D eigenvalue weighted by molar-refractivity contribution is 5.88. The van der Waals surface area contributed by atoms with Gasteiger partial charge < -0.3 is 0 Å². The zero-order valence-electron chi connectivity index (χ0n) is 13.7. The van der Waals surface area contributed by atoms with E-state index in [1.807, 2.05) is 36.4 Å². The van der Waals surface area contributed by atoms with Crippen LogP contribution in [0.25, 0.3) is 22.3 Å². The molecule has 0 amide bonds. The molecule has 2 heteroatoms. The number of hydrogen-bond donors (Lipinski definition) is 0. The van der Waals surface area contributed by atoms with Crippen molar-refractivity contribution in [3.05, 3.63) is 82.9 Å². The maximum absolute atomic E-state index is 9.41. The van der Waals surface area contributed by atoms with E-state index in [1.165, 1.54) is 0 Å². The van der Waals surface area contributed by atoms with E-state index in [-0.39, 0.29) is 0 Å². The van der Waals surface area contributed by atoms with Gasteiger partial charge in [0.25, 0.3) is 0 Å². The molecule has 0 aromatic heterocycles. The zero-order valence-corrected chi connectivity index (χ0v) is 13.7. The lowest BCUT2D eigenvalue weighted by Gasteiger charge is -2.15. The summed E-state index contributed by atoms with van der Waals surface area (Å²) in [4.78, 5) is 0. The summed E-state index contributed by atoms with van der Waals surface area (Å²) in [7, 11) is 0. The zero-order chi connectivity index (χ0) is 17.1. The van der Waals surface area contributed by atoms with Crippen LogP contribution in [-0.2, 0) is 0 Å². The van der Waals surface area contributed by atoms with E-state index < -0.39 is 0 Å². The Morgan fingerprint density at radius 3 is 1.29 bits per heavy atom. The highest BCUT2D eigenvalue weighted by Gasteiger charge is 2.15. The van der Waals surface area contributed by atoms with Gasteiger partial charge >= 0.3 is 0 Å². The molecule has 0 unspecified atom stereocenters. The third-order valence-corrected chi connectivity index (χ3v) is 4.27. The van der Waals surface area contributed by atoms with Gasteiger partial charge in [-0.15, -0.1) is 0 Å². The Labute approximate surface area is 142 Å². The summed E-state index contributed by atoms with van der Waals surface area (Å²) < 4.78 is 0. The molecule has 0 N–H and O–H groups in total. The van der Waals surface area contributed by atoms with E-state index in [0.29, 0.717) is 11.1 Å². The lowest BCUT2D eigenvalue weighted by molar-refractivity contribution is 1.40. The van der Waals surface area contributed by atoms with Gasteiger partial charge in [0.1, 0.15) is 12.1 Å². The van der Waals surface area contributed by atoms with Crippen LogP contribution in [0.3, 0.4) is 0 Å². The Kier molecular flexibility index (Phi) is 4.15. The maximum atomic E-state index is 9.41. The quantitative estimate of drug-likeness (QED) is 0.638. The second-order valence-electron chi connectivity index (χ2n) is 5.80. The molecule has 3 aromatic carbocycles. The van der Waals surface area contributed by atoms with E-state index in [1.54, 1.807) is 0 Å². The van der Waals surface area contributed by atoms with Gasteiger partial charge in [0.2, 0.25) is 0 Å². The number of benzene rings is 3. The molecule has 3 rings (SSSR count). The second kappa shape index (κ2) is 6.41. The van der Waals surface area contributed by atoms with Crippen molar-refractivity contribution in [3.63, 3.8) is 0 Å². The lowest BCUT2D eigenvalue weighted by Crippen LogP contribution is -1.94. The molecule has 0 aliphatic heterocycles.